The summed E-state index contributed by atoms with van der Waals surface area (Å²) >= 11 is 0. The molecule has 7 nitrogen and oxygen atoms in total. The van der Waals surface area contributed by atoms with E-state index in [4.69, 9.17) is 5.73 Å². The van der Waals surface area contributed by atoms with Crippen LogP contribution in [-0.2, 0) is 27.7 Å². The van der Waals surface area contributed by atoms with Crippen molar-refractivity contribution in [3.8, 4) is 0 Å². The molecule has 28 heavy (non-hydrogen) atoms. The number of hydrogen-bond donors (Lipinski definition) is 1. The second kappa shape index (κ2) is 8.14. The van der Waals surface area contributed by atoms with Crippen LogP contribution >= 0.6 is 0 Å². The number of likely N-dealkylation sites (tertiary alicyclic amines) is 1. The van der Waals surface area contributed by atoms with Crippen LogP contribution in [0.3, 0.4) is 0 Å². The van der Waals surface area contributed by atoms with Gasteiger partial charge in [0.05, 0.1) is 23.7 Å². The number of sulfone groups is 1. The molecule has 1 saturated heterocycles. The van der Waals surface area contributed by atoms with Crippen LogP contribution in [0.25, 0.3) is 0 Å². The number of nitrogens with two attached hydrogens (primary N) is 1. The molecule has 4 rings (SSSR count). The Bertz CT molecular complexity index is 809. The van der Waals surface area contributed by atoms with Gasteiger partial charge in [0.15, 0.2) is 0 Å². The molecule has 0 unspecified atom stereocenters. The summed E-state index contributed by atoms with van der Waals surface area (Å²) in [6.07, 6.45) is 11.4. The average molecular weight is 409 g/mol. The normalized spacial score (nSPS) is 24.6. The average Bonchev–Trinajstić information content (AvgIpc) is 3.17. The van der Waals surface area contributed by atoms with Crippen molar-refractivity contribution in [2.45, 2.75) is 82.1 Å². The van der Waals surface area contributed by atoms with Crippen LogP contribution in [0.4, 0.5) is 0 Å². The Balaban J connectivity index is 1.60. The minimum absolute atomic E-state index is 0.210. The van der Waals surface area contributed by atoms with Crippen LogP contribution in [0.5, 0.6) is 0 Å². The Morgan fingerprint density at radius 3 is 2.50 bits per heavy atom. The van der Waals surface area contributed by atoms with Gasteiger partial charge >= 0.3 is 0 Å². The molecular formula is C20H32N4O3S. The van der Waals surface area contributed by atoms with Crippen LogP contribution < -0.4 is 5.73 Å². The lowest BCUT2D eigenvalue weighted by atomic mass is 9.89. The second-order valence-electron chi connectivity index (χ2n) is 8.90. The zero-order chi connectivity index (χ0) is 19.7. The molecule has 156 valence electrons. The zero-order valence-corrected chi connectivity index (χ0v) is 17.4. The van der Waals surface area contributed by atoms with Gasteiger partial charge in [-0.3, -0.25) is 9.69 Å². The van der Waals surface area contributed by atoms with Crippen LogP contribution in [0.15, 0.2) is 11.4 Å². The molecule has 3 fully saturated rings. The maximum Gasteiger partial charge on any atom is 0.234 e. The summed E-state index contributed by atoms with van der Waals surface area (Å²) in [5.41, 5.74) is 6.46. The minimum Gasteiger partial charge on any atom is -0.368 e. The highest BCUT2D eigenvalue weighted by molar-refractivity contribution is 7.91. The summed E-state index contributed by atoms with van der Waals surface area (Å²) in [6, 6.07) is -0.260. The molecule has 1 aromatic rings. The topological polar surface area (TPSA) is 98.3 Å². The van der Waals surface area contributed by atoms with E-state index in [0.29, 0.717) is 24.9 Å². The van der Waals surface area contributed by atoms with Gasteiger partial charge in [-0.15, -0.1) is 0 Å². The van der Waals surface area contributed by atoms with Gasteiger partial charge in [0, 0.05) is 13.1 Å². The van der Waals surface area contributed by atoms with Crippen LogP contribution in [0, 0.1) is 11.8 Å². The number of hydrogen-bond acceptors (Lipinski definition) is 5. The summed E-state index contributed by atoms with van der Waals surface area (Å²) in [5.74, 6) is 0.715. The number of carbonyl (C=O) groups is 1. The molecule has 1 atom stereocenters. The van der Waals surface area contributed by atoms with Crippen molar-refractivity contribution in [1.29, 1.82) is 0 Å². The zero-order valence-electron chi connectivity index (χ0n) is 16.6. The second-order valence-corrected chi connectivity index (χ2v) is 10.8. The van der Waals surface area contributed by atoms with Gasteiger partial charge in [0.25, 0.3) is 0 Å². The first kappa shape index (κ1) is 19.9. The van der Waals surface area contributed by atoms with E-state index in [2.05, 4.69) is 9.88 Å². The number of amides is 1. The fourth-order valence-electron chi connectivity index (χ4n) is 4.80. The maximum atomic E-state index is 13.0. The lowest BCUT2D eigenvalue weighted by molar-refractivity contribution is -0.122. The predicted octanol–water partition coefficient (Wildman–Crippen LogP) is 2.10. The van der Waals surface area contributed by atoms with Gasteiger partial charge in [0.1, 0.15) is 0 Å². The monoisotopic (exact) mass is 408 g/mol. The highest BCUT2D eigenvalue weighted by atomic mass is 32.2. The number of primary amides is 1. The molecule has 2 saturated carbocycles. The SMILES string of the molecule is NC(=O)[C@@H]1CCCN1Cc1cnc(S(=O)(=O)CC2CC2)n1CC1CCCCC1. The molecule has 0 aromatic carbocycles. The van der Waals surface area contributed by atoms with Crippen LogP contribution in [0.2, 0.25) is 0 Å². The lowest BCUT2D eigenvalue weighted by Crippen LogP contribution is -2.40. The third kappa shape index (κ3) is 4.43. The van der Waals surface area contributed by atoms with Gasteiger partial charge in [-0.05, 0) is 56.9 Å². The molecule has 8 heteroatoms. The minimum atomic E-state index is -3.38. The molecule has 0 spiro atoms. The third-order valence-corrected chi connectivity index (χ3v) is 8.35. The first-order valence-electron chi connectivity index (χ1n) is 10.7. The molecule has 2 heterocycles. The van der Waals surface area contributed by atoms with Gasteiger partial charge in [-0.2, -0.15) is 0 Å². The van der Waals surface area contributed by atoms with Crippen molar-refractivity contribution in [2.75, 3.05) is 12.3 Å². The van der Waals surface area contributed by atoms with Crippen molar-refractivity contribution in [1.82, 2.24) is 14.5 Å². The molecule has 2 aliphatic carbocycles. The van der Waals surface area contributed by atoms with E-state index < -0.39 is 9.84 Å². The summed E-state index contributed by atoms with van der Waals surface area (Å²) < 4.78 is 27.9. The Morgan fingerprint density at radius 2 is 1.82 bits per heavy atom. The van der Waals surface area contributed by atoms with Gasteiger partial charge in [-0.25, -0.2) is 13.4 Å². The first-order valence-corrected chi connectivity index (χ1v) is 12.4. The fraction of sp³-hybridized carbons (Fsp3) is 0.800. The fourth-order valence-corrected chi connectivity index (χ4v) is 6.65. The highest BCUT2D eigenvalue weighted by Crippen LogP contribution is 2.33. The molecule has 2 N–H and O–H groups in total. The molecular weight excluding hydrogens is 376 g/mol. The van der Waals surface area contributed by atoms with Crippen molar-refractivity contribution >= 4 is 15.7 Å². The molecule has 1 aliphatic heterocycles. The Morgan fingerprint density at radius 1 is 1.07 bits per heavy atom. The van der Waals surface area contributed by atoms with E-state index in [9.17, 15) is 13.2 Å². The van der Waals surface area contributed by atoms with E-state index >= 15 is 0 Å². The predicted molar refractivity (Wildman–Crippen MR) is 106 cm³/mol. The van der Waals surface area contributed by atoms with E-state index in [1.165, 1.54) is 19.3 Å². The maximum absolute atomic E-state index is 13.0. The number of carbonyl (C=O) groups excluding carboxylic acids is 1. The molecule has 1 amide bonds. The molecule has 0 radical (unpaired) electrons. The summed E-state index contributed by atoms with van der Waals surface area (Å²) in [4.78, 5) is 18.2. The van der Waals surface area contributed by atoms with Crippen molar-refractivity contribution in [2.24, 2.45) is 17.6 Å². The van der Waals surface area contributed by atoms with E-state index in [0.717, 1.165) is 50.8 Å². The van der Waals surface area contributed by atoms with E-state index in [-0.39, 0.29) is 22.9 Å². The standard InChI is InChI=1S/C20H32N4O3S/c21-19(25)18-7-4-10-23(18)13-17-11-22-20(28(26,27)14-16-8-9-16)24(17)12-15-5-2-1-3-6-15/h11,15-16,18H,1-10,12-14H2,(H2,21,25)/t18-/m0/s1. The number of aromatic nitrogens is 2. The van der Waals surface area contributed by atoms with Crippen molar-refractivity contribution < 1.29 is 13.2 Å². The first-order chi connectivity index (χ1) is 13.4. The van der Waals surface area contributed by atoms with Crippen molar-refractivity contribution in [3.05, 3.63) is 11.9 Å². The molecule has 0 bridgehead atoms. The largest absolute Gasteiger partial charge is 0.368 e. The van der Waals surface area contributed by atoms with E-state index in [1.807, 2.05) is 4.57 Å². The Labute approximate surface area is 167 Å². The molecule has 1 aromatic heterocycles. The van der Waals surface area contributed by atoms with Crippen LogP contribution in [-0.4, -0.2) is 47.1 Å². The number of rotatable bonds is 8. The number of imidazole rings is 1. The molecule has 3 aliphatic rings. The summed E-state index contributed by atoms with van der Waals surface area (Å²) in [7, 11) is -3.38. The van der Waals surface area contributed by atoms with Crippen LogP contribution in [0.1, 0.15) is 63.5 Å². The highest BCUT2D eigenvalue weighted by Gasteiger charge is 2.34. The van der Waals surface area contributed by atoms with E-state index in [1.54, 1.807) is 6.20 Å². The summed E-state index contributed by atoms with van der Waals surface area (Å²) in [5, 5.41) is 0.231. The Kier molecular flexibility index (Phi) is 5.78. The van der Waals surface area contributed by atoms with Gasteiger partial charge in [0.2, 0.25) is 20.9 Å². The Hall–Kier alpha value is -1.41. The smallest absolute Gasteiger partial charge is 0.234 e. The quantitative estimate of drug-likeness (QED) is 0.710. The lowest BCUT2D eigenvalue weighted by Gasteiger charge is -2.26. The van der Waals surface area contributed by atoms with Crippen molar-refractivity contribution in [3.63, 3.8) is 0 Å². The third-order valence-electron chi connectivity index (χ3n) is 6.55. The van der Waals surface area contributed by atoms with Gasteiger partial charge in [-0.1, -0.05) is 19.3 Å². The number of nitrogens with zero attached hydrogens (tertiary/aromatic N) is 3. The van der Waals surface area contributed by atoms with Gasteiger partial charge < -0.3 is 10.3 Å². The summed E-state index contributed by atoms with van der Waals surface area (Å²) in [6.45, 7) is 2.06.